The van der Waals surface area contributed by atoms with E-state index in [4.69, 9.17) is 0 Å². The molecule has 2 aliphatic heterocycles. The van der Waals surface area contributed by atoms with E-state index in [0.717, 1.165) is 25.5 Å². The Hall–Kier alpha value is -1.12. The zero-order chi connectivity index (χ0) is 11.8. The van der Waals surface area contributed by atoms with Crippen LogP contribution in [0.25, 0.3) is 0 Å². The predicted molar refractivity (Wildman–Crippen MR) is 61.9 cm³/mol. The molecule has 0 radical (unpaired) electrons. The van der Waals surface area contributed by atoms with Gasteiger partial charge in [0.25, 0.3) is 0 Å². The Labute approximate surface area is 96.5 Å². The van der Waals surface area contributed by atoms with Gasteiger partial charge >= 0.3 is 0 Å². The third-order valence-corrected chi connectivity index (χ3v) is 3.58. The molecule has 0 spiro atoms. The van der Waals surface area contributed by atoms with Gasteiger partial charge in [-0.3, -0.25) is 4.79 Å². The lowest BCUT2D eigenvalue weighted by atomic mass is 9.86. The highest BCUT2D eigenvalue weighted by Gasteiger charge is 2.38. The van der Waals surface area contributed by atoms with Crippen LogP contribution in [0.4, 0.5) is 0 Å². The minimum atomic E-state index is -0.181. The highest BCUT2D eigenvalue weighted by molar-refractivity contribution is 5.81. The second kappa shape index (κ2) is 4.04. The first-order chi connectivity index (χ1) is 7.53. The average Bonchev–Trinajstić information content (AvgIpc) is 2.57. The van der Waals surface area contributed by atoms with Crippen LogP contribution in [0.1, 0.15) is 39.5 Å². The average molecular weight is 221 g/mol. The van der Waals surface area contributed by atoms with Gasteiger partial charge < -0.3 is 9.69 Å². The number of fused-ring (bicyclic) bond motifs is 1. The van der Waals surface area contributed by atoms with Gasteiger partial charge in [-0.1, -0.05) is 26.0 Å². The fourth-order valence-corrected chi connectivity index (χ4v) is 2.75. The minimum Gasteiger partial charge on any atom is -0.330 e. The van der Waals surface area contributed by atoms with Crippen molar-refractivity contribution in [3.8, 4) is 0 Å². The molecule has 0 N–H and O–H groups in total. The van der Waals surface area contributed by atoms with E-state index < -0.39 is 0 Å². The zero-order valence-electron chi connectivity index (χ0n) is 9.98. The number of nitrogens with zero attached hydrogens (tertiary/aromatic N) is 1. The standard InChI is InChI=1S/C13H19NO2/c1-13(2)7-3-4-10-5-6-11(9-15)14(10)12(16)8-13/h3,7,9-11H,4-6,8H2,1-2H3/b7-3-/t10-,11-/m0/s1. The number of carbonyl (C=O) groups excluding carboxylic acids is 2. The van der Waals surface area contributed by atoms with Crippen LogP contribution >= 0.6 is 0 Å². The van der Waals surface area contributed by atoms with Crippen molar-refractivity contribution in [2.75, 3.05) is 0 Å². The van der Waals surface area contributed by atoms with Crippen LogP contribution in [0.3, 0.4) is 0 Å². The Balaban J connectivity index is 2.25. The summed E-state index contributed by atoms with van der Waals surface area (Å²) >= 11 is 0. The molecule has 2 aliphatic rings. The molecule has 0 saturated carbocycles. The molecule has 1 amide bonds. The van der Waals surface area contributed by atoms with Crippen LogP contribution in [0, 0.1) is 5.41 Å². The second-order valence-electron chi connectivity index (χ2n) is 5.54. The third kappa shape index (κ3) is 2.04. The highest BCUT2D eigenvalue weighted by atomic mass is 16.2. The molecule has 16 heavy (non-hydrogen) atoms. The van der Waals surface area contributed by atoms with Crippen molar-refractivity contribution >= 4 is 12.2 Å². The van der Waals surface area contributed by atoms with Crippen LogP contribution in [-0.2, 0) is 9.59 Å². The maximum atomic E-state index is 12.2. The van der Waals surface area contributed by atoms with Gasteiger partial charge in [0.15, 0.2) is 0 Å². The minimum absolute atomic E-state index is 0.0852. The topological polar surface area (TPSA) is 37.4 Å². The van der Waals surface area contributed by atoms with Gasteiger partial charge in [-0.2, -0.15) is 0 Å². The van der Waals surface area contributed by atoms with Gasteiger partial charge in [0.1, 0.15) is 6.29 Å². The van der Waals surface area contributed by atoms with Crippen LogP contribution < -0.4 is 0 Å². The summed E-state index contributed by atoms with van der Waals surface area (Å²) in [5.41, 5.74) is -0.0852. The molecule has 0 aromatic rings. The number of amides is 1. The summed E-state index contributed by atoms with van der Waals surface area (Å²) < 4.78 is 0. The molecule has 0 aliphatic carbocycles. The van der Waals surface area contributed by atoms with Gasteiger partial charge in [-0.15, -0.1) is 0 Å². The summed E-state index contributed by atoms with van der Waals surface area (Å²) in [6.07, 6.45) is 8.40. The molecule has 2 heterocycles. The summed E-state index contributed by atoms with van der Waals surface area (Å²) in [5.74, 6) is 0.133. The smallest absolute Gasteiger partial charge is 0.224 e. The SMILES string of the molecule is CC1(C)/C=C\C[C@H]2CC[C@@H](C=O)N2C(=O)C1. The molecule has 0 aromatic heterocycles. The molecule has 2 rings (SSSR count). The lowest BCUT2D eigenvalue weighted by molar-refractivity contribution is -0.138. The first-order valence-corrected chi connectivity index (χ1v) is 5.98. The van der Waals surface area contributed by atoms with E-state index in [1.807, 2.05) is 4.90 Å². The quantitative estimate of drug-likeness (QED) is 0.501. The first-order valence-electron chi connectivity index (χ1n) is 5.98. The van der Waals surface area contributed by atoms with Crippen LogP contribution in [-0.4, -0.2) is 29.2 Å². The maximum absolute atomic E-state index is 12.2. The summed E-state index contributed by atoms with van der Waals surface area (Å²) in [7, 11) is 0. The molecular formula is C13H19NO2. The largest absolute Gasteiger partial charge is 0.330 e. The summed E-state index contributed by atoms with van der Waals surface area (Å²) in [6.45, 7) is 4.13. The van der Waals surface area contributed by atoms with E-state index in [9.17, 15) is 9.59 Å². The summed E-state index contributed by atoms with van der Waals surface area (Å²) in [6, 6.07) is 0.0647. The van der Waals surface area contributed by atoms with Crippen molar-refractivity contribution in [1.29, 1.82) is 0 Å². The van der Waals surface area contributed by atoms with E-state index in [1.54, 1.807) is 0 Å². The van der Waals surface area contributed by atoms with E-state index in [2.05, 4.69) is 26.0 Å². The molecule has 1 fully saturated rings. The Morgan fingerprint density at radius 1 is 1.44 bits per heavy atom. The lowest BCUT2D eigenvalue weighted by Gasteiger charge is -2.32. The molecule has 88 valence electrons. The van der Waals surface area contributed by atoms with Crippen molar-refractivity contribution in [1.82, 2.24) is 4.90 Å². The van der Waals surface area contributed by atoms with Crippen molar-refractivity contribution in [2.45, 2.75) is 51.6 Å². The van der Waals surface area contributed by atoms with E-state index in [1.165, 1.54) is 0 Å². The van der Waals surface area contributed by atoms with Crippen molar-refractivity contribution < 1.29 is 9.59 Å². The highest BCUT2D eigenvalue weighted by Crippen LogP contribution is 2.33. The Bertz CT molecular complexity index is 333. The molecular weight excluding hydrogens is 202 g/mol. The molecule has 2 atom stereocenters. The van der Waals surface area contributed by atoms with Gasteiger partial charge in [0, 0.05) is 12.5 Å². The monoisotopic (exact) mass is 221 g/mol. The molecule has 3 heteroatoms. The summed E-state index contributed by atoms with van der Waals surface area (Å²) in [5, 5.41) is 0. The van der Waals surface area contributed by atoms with Gasteiger partial charge in [0.05, 0.1) is 6.04 Å². The number of allylic oxidation sites excluding steroid dienone is 1. The maximum Gasteiger partial charge on any atom is 0.224 e. The lowest BCUT2D eigenvalue weighted by Crippen LogP contribution is -2.44. The number of aldehydes is 1. The Kier molecular flexibility index (Phi) is 2.87. The summed E-state index contributed by atoms with van der Waals surface area (Å²) in [4.78, 5) is 24.9. The number of rotatable bonds is 1. The Morgan fingerprint density at radius 3 is 2.88 bits per heavy atom. The van der Waals surface area contributed by atoms with Crippen LogP contribution in [0.2, 0.25) is 0 Å². The van der Waals surface area contributed by atoms with Gasteiger partial charge in [0.2, 0.25) is 5.91 Å². The first kappa shape index (κ1) is 11.4. The molecule has 1 saturated heterocycles. The van der Waals surface area contributed by atoms with Crippen molar-refractivity contribution in [3.63, 3.8) is 0 Å². The van der Waals surface area contributed by atoms with Crippen molar-refractivity contribution in [3.05, 3.63) is 12.2 Å². The second-order valence-corrected chi connectivity index (χ2v) is 5.54. The molecule has 0 aromatic carbocycles. The fourth-order valence-electron chi connectivity index (χ4n) is 2.75. The normalized spacial score (nSPS) is 35.1. The van der Waals surface area contributed by atoms with Gasteiger partial charge in [-0.25, -0.2) is 0 Å². The Morgan fingerprint density at radius 2 is 2.19 bits per heavy atom. The number of carbonyl (C=O) groups is 2. The number of hydrogen-bond donors (Lipinski definition) is 0. The third-order valence-electron chi connectivity index (χ3n) is 3.58. The predicted octanol–water partition coefficient (Wildman–Crippen LogP) is 1.92. The number of hydrogen-bond acceptors (Lipinski definition) is 2. The molecule has 3 nitrogen and oxygen atoms in total. The van der Waals surface area contributed by atoms with E-state index in [-0.39, 0.29) is 23.4 Å². The van der Waals surface area contributed by atoms with E-state index in [0.29, 0.717) is 6.42 Å². The zero-order valence-corrected chi connectivity index (χ0v) is 9.98. The fraction of sp³-hybridized carbons (Fsp3) is 0.692. The van der Waals surface area contributed by atoms with E-state index >= 15 is 0 Å². The van der Waals surface area contributed by atoms with Crippen LogP contribution in [0.5, 0.6) is 0 Å². The van der Waals surface area contributed by atoms with Crippen LogP contribution in [0.15, 0.2) is 12.2 Å². The van der Waals surface area contributed by atoms with Gasteiger partial charge in [-0.05, 0) is 24.7 Å². The van der Waals surface area contributed by atoms with Crippen molar-refractivity contribution in [2.24, 2.45) is 5.41 Å². The molecule has 0 bridgehead atoms. The molecule has 0 unspecified atom stereocenters.